The number of piperidine rings is 1. The lowest BCUT2D eigenvalue weighted by atomic mass is 9.96. The van der Waals surface area contributed by atoms with Crippen LogP contribution in [-0.2, 0) is 11.3 Å². The number of carbonyl (C=O) groups is 1. The van der Waals surface area contributed by atoms with Crippen molar-refractivity contribution in [1.82, 2.24) is 9.80 Å². The molecule has 0 saturated carbocycles. The highest BCUT2D eigenvalue weighted by atomic mass is 19.1. The second-order valence-electron chi connectivity index (χ2n) is 5.82. The maximum absolute atomic E-state index is 13.7. The zero-order valence-electron chi connectivity index (χ0n) is 13.3. The number of benzene rings is 1. The van der Waals surface area contributed by atoms with E-state index in [4.69, 9.17) is 0 Å². The maximum Gasteiger partial charge on any atom is 0.226 e. The number of rotatable bonds is 5. The fraction of sp³-hybridized carbons (Fsp3) is 0.588. The van der Waals surface area contributed by atoms with Gasteiger partial charge < -0.3 is 4.90 Å². The lowest BCUT2D eigenvalue weighted by Crippen LogP contribution is -2.44. The van der Waals surface area contributed by atoms with Crippen molar-refractivity contribution in [2.24, 2.45) is 5.92 Å². The van der Waals surface area contributed by atoms with Crippen molar-refractivity contribution in [2.45, 2.75) is 33.2 Å². The van der Waals surface area contributed by atoms with Crippen molar-refractivity contribution in [3.05, 3.63) is 35.4 Å². The van der Waals surface area contributed by atoms with Gasteiger partial charge in [0.2, 0.25) is 5.91 Å². The van der Waals surface area contributed by atoms with Gasteiger partial charge in [-0.25, -0.2) is 8.78 Å². The molecule has 1 atom stereocenters. The highest BCUT2D eigenvalue weighted by Crippen LogP contribution is 2.22. The zero-order chi connectivity index (χ0) is 16.1. The maximum atomic E-state index is 13.7. The van der Waals surface area contributed by atoms with Gasteiger partial charge in [0, 0.05) is 31.7 Å². The van der Waals surface area contributed by atoms with Crippen molar-refractivity contribution >= 4 is 5.91 Å². The van der Waals surface area contributed by atoms with Gasteiger partial charge in [-0.15, -0.1) is 0 Å². The fourth-order valence-electron chi connectivity index (χ4n) is 3.10. The first-order chi connectivity index (χ1) is 10.5. The third kappa shape index (κ3) is 4.03. The smallest absolute Gasteiger partial charge is 0.226 e. The molecule has 122 valence electrons. The molecular formula is C17H24F2N2O. The van der Waals surface area contributed by atoms with Crippen molar-refractivity contribution in [3.8, 4) is 0 Å². The summed E-state index contributed by atoms with van der Waals surface area (Å²) in [4.78, 5) is 16.3. The number of hydrogen-bond donors (Lipinski definition) is 0. The van der Waals surface area contributed by atoms with E-state index >= 15 is 0 Å². The Labute approximate surface area is 130 Å². The zero-order valence-corrected chi connectivity index (χ0v) is 13.3. The van der Waals surface area contributed by atoms with Crippen LogP contribution in [0.4, 0.5) is 8.78 Å². The van der Waals surface area contributed by atoms with E-state index < -0.39 is 11.6 Å². The lowest BCUT2D eigenvalue weighted by molar-refractivity contribution is -0.137. The second-order valence-corrected chi connectivity index (χ2v) is 5.82. The van der Waals surface area contributed by atoms with E-state index in [1.165, 1.54) is 6.07 Å². The van der Waals surface area contributed by atoms with Gasteiger partial charge in [0.1, 0.15) is 11.6 Å². The van der Waals surface area contributed by atoms with Gasteiger partial charge in [-0.2, -0.15) is 0 Å². The summed E-state index contributed by atoms with van der Waals surface area (Å²) in [7, 11) is 0. The summed E-state index contributed by atoms with van der Waals surface area (Å²) in [6, 6.07) is 3.53. The van der Waals surface area contributed by atoms with Gasteiger partial charge in [-0.1, -0.05) is 0 Å². The van der Waals surface area contributed by atoms with Crippen LogP contribution in [-0.4, -0.2) is 41.9 Å². The minimum atomic E-state index is -0.427. The molecule has 1 aromatic carbocycles. The van der Waals surface area contributed by atoms with Crippen LogP contribution in [0.3, 0.4) is 0 Å². The van der Waals surface area contributed by atoms with Crippen LogP contribution in [0.15, 0.2) is 18.2 Å². The van der Waals surface area contributed by atoms with Crippen LogP contribution >= 0.6 is 0 Å². The van der Waals surface area contributed by atoms with E-state index in [2.05, 4.69) is 0 Å². The molecule has 0 bridgehead atoms. The quantitative estimate of drug-likeness (QED) is 0.834. The predicted molar refractivity (Wildman–Crippen MR) is 82.3 cm³/mol. The van der Waals surface area contributed by atoms with Crippen LogP contribution in [0.1, 0.15) is 32.3 Å². The molecule has 1 heterocycles. The van der Waals surface area contributed by atoms with Crippen molar-refractivity contribution in [1.29, 1.82) is 0 Å². The normalized spacial score (nSPS) is 19.2. The molecule has 1 aliphatic heterocycles. The topological polar surface area (TPSA) is 23.6 Å². The Bertz CT molecular complexity index is 517. The Morgan fingerprint density at radius 1 is 1.32 bits per heavy atom. The average Bonchev–Trinajstić information content (AvgIpc) is 2.52. The van der Waals surface area contributed by atoms with E-state index in [1.807, 2.05) is 23.6 Å². The molecule has 0 aromatic heterocycles. The van der Waals surface area contributed by atoms with Crippen LogP contribution in [0.25, 0.3) is 0 Å². The Morgan fingerprint density at radius 3 is 2.73 bits per heavy atom. The van der Waals surface area contributed by atoms with Gasteiger partial charge in [-0.05, 0) is 51.4 Å². The molecule has 1 aromatic rings. The first-order valence-electron chi connectivity index (χ1n) is 8.00. The number of nitrogens with zero attached hydrogens (tertiary/aromatic N) is 2. The minimum Gasteiger partial charge on any atom is -0.343 e. The standard InChI is InChI=1S/C17H24F2N2O/c1-3-21(4-2)17(22)13-6-5-9-20(11-13)12-14-10-15(18)7-8-16(14)19/h7-8,10,13H,3-6,9,11-12H2,1-2H3/t13-/m1/s1. The number of amides is 1. The fourth-order valence-corrected chi connectivity index (χ4v) is 3.10. The van der Waals surface area contributed by atoms with Gasteiger partial charge in [0.15, 0.2) is 0 Å². The molecule has 1 amide bonds. The highest BCUT2D eigenvalue weighted by molar-refractivity contribution is 5.79. The Hall–Kier alpha value is -1.49. The van der Waals surface area contributed by atoms with Gasteiger partial charge in [0.05, 0.1) is 5.92 Å². The molecule has 5 heteroatoms. The van der Waals surface area contributed by atoms with Gasteiger partial charge >= 0.3 is 0 Å². The summed E-state index contributed by atoms with van der Waals surface area (Å²) in [6.07, 6.45) is 1.78. The third-order valence-electron chi connectivity index (χ3n) is 4.33. The minimum absolute atomic E-state index is 0.0368. The Kier molecular flexibility index (Phi) is 5.89. The van der Waals surface area contributed by atoms with Crippen LogP contribution in [0, 0.1) is 17.6 Å². The van der Waals surface area contributed by atoms with Crippen molar-refractivity contribution in [3.63, 3.8) is 0 Å². The van der Waals surface area contributed by atoms with E-state index in [9.17, 15) is 13.6 Å². The van der Waals surface area contributed by atoms with Crippen LogP contribution in [0.2, 0.25) is 0 Å². The molecule has 0 spiro atoms. The van der Waals surface area contributed by atoms with E-state index in [-0.39, 0.29) is 11.8 Å². The van der Waals surface area contributed by atoms with Crippen molar-refractivity contribution in [2.75, 3.05) is 26.2 Å². The van der Waals surface area contributed by atoms with Crippen LogP contribution in [0.5, 0.6) is 0 Å². The predicted octanol–water partition coefficient (Wildman–Crippen LogP) is 3.05. The molecule has 1 aliphatic rings. The summed E-state index contributed by atoms with van der Waals surface area (Å²) >= 11 is 0. The Balaban J connectivity index is 2.01. The van der Waals surface area contributed by atoms with Crippen LogP contribution < -0.4 is 0 Å². The molecule has 1 fully saturated rings. The summed E-state index contributed by atoms with van der Waals surface area (Å²) in [6.45, 7) is 7.16. The molecule has 3 nitrogen and oxygen atoms in total. The Morgan fingerprint density at radius 2 is 2.05 bits per heavy atom. The largest absolute Gasteiger partial charge is 0.343 e. The van der Waals surface area contributed by atoms with Crippen molar-refractivity contribution < 1.29 is 13.6 Å². The van der Waals surface area contributed by atoms with Gasteiger partial charge in [-0.3, -0.25) is 9.69 Å². The SMILES string of the molecule is CCN(CC)C(=O)[C@@H]1CCCN(Cc2cc(F)ccc2F)C1. The summed E-state index contributed by atoms with van der Waals surface area (Å²) in [5, 5.41) is 0. The number of halogens is 2. The number of carbonyl (C=O) groups excluding carboxylic acids is 1. The third-order valence-corrected chi connectivity index (χ3v) is 4.33. The first-order valence-corrected chi connectivity index (χ1v) is 8.00. The summed E-state index contributed by atoms with van der Waals surface area (Å²) < 4.78 is 27.0. The van der Waals surface area contributed by atoms with E-state index in [0.717, 1.165) is 31.5 Å². The molecular weight excluding hydrogens is 286 g/mol. The molecule has 0 aliphatic carbocycles. The molecule has 22 heavy (non-hydrogen) atoms. The highest BCUT2D eigenvalue weighted by Gasteiger charge is 2.28. The molecule has 1 saturated heterocycles. The summed E-state index contributed by atoms with van der Waals surface area (Å²) in [5.74, 6) is -0.678. The molecule has 0 N–H and O–H groups in total. The molecule has 0 radical (unpaired) electrons. The van der Waals surface area contributed by atoms with E-state index in [1.54, 1.807) is 0 Å². The molecule has 2 rings (SSSR count). The first kappa shape index (κ1) is 16.9. The molecule has 0 unspecified atom stereocenters. The number of hydrogen-bond acceptors (Lipinski definition) is 2. The van der Waals surface area contributed by atoms with E-state index in [0.29, 0.717) is 31.7 Å². The summed E-state index contributed by atoms with van der Waals surface area (Å²) in [5.41, 5.74) is 0.357. The second kappa shape index (κ2) is 7.68. The average molecular weight is 310 g/mol. The number of likely N-dealkylation sites (tertiary alicyclic amines) is 1. The van der Waals surface area contributed by atoms with Gasteiger partial charge in [0.25, 0.3) is 0 Å². The monoisotopic (exact) mass is 310 g/mol. The lowest BCUT2D eigenvalue weighted by Gasteiger charge is -2.34.